The van der Waals surface area contributed by atoms with Crippen molar-refractivity contribution >= 4 is 17.3 Å². The van der Waals surface area contributed by atoms with Crippen LogP contribution in [-0.4, -0.2) is 61.3 Å². The summed E-state index contributed by atoms with van der Waals surface area (Å²) in [7, 11) is 0. The van der Waals surface area contributed by atoms with Crippen molar-refractivity contribution in [1.82, 2.24) is 15.5 Å². The summed E-state index contributed by atoms with van der Waals surface area (Å²) in [5.41, 5.74) is 0.0163. The van der Waals surface area contributed by atoms with Gasteiger partial charge in [0, 0.05) is 36.6 Å². The Morgan fingerprint density at radius 3 is 2.64 bits per heavy atom. The van der Waals surface area contributed by atoms with Gasteiger partial charge < -0.3 is 15.4 Å². The lowest BCUT2D eigenvalue weighted by molar-refractivity contribution is -0.0939. The average Bonchev–Trinajstić information content (AvgIpc) is 3.05. The van der Waals surface area contributed by atoms with Gasteiger partial charge in [-0.2, -0.15) is 0 Å². The Hall–Kier alpha value is -1.11. The summed E-state index contributed by atoms with van der Waals surface area (Å²) in [5, 5.41) is 8.94. The van der Waals surface area contributed by atoms with E-state index >= 15 is 0 Å². The van der Waals surface area contributed by atoms with E-state index in [0.29, 0.717) is 0 Å². The van der Waals surface area contributed by atoms with Crippen molar-refractivity contribution < 1.29 is 4.74 Å². The molecule has 0 bridgehead atoms. The molecule has 1 aromatic rings. The quantitative estimate of drug-likeness (QED) is 0.575. The van der Waals surface area contributed by atoms with Crippen molar-refractivity contribution in [3.8, 4) is 0 Å². The Labute approximate surface area is 156 Å². The highest BCUT2D eigenvalue weighted by atomic mass is 32.1. The van der Waals surface area contributed by atoms with Gasteiger partial charge in [0.05, 0.1) is 18.8 Å². The standard InChI is InChI=1S/C19H34N4OS/c1-6-20-18(21-10-9-17-8-7-11-25-17)22-14-19(4,5)23-12-15(2)24-16(3)13-23/h7-8,11,15-16H,6,9-10,12-14H2,1-5H3,(H2,20,21,22). The fraction of sp³-hybridized carbons (Fsp3) is 0.737. The summed E-state index contributed by atoms with van der Waals surface area (Å²) in [6.45, 7) is 15.4. The van der Waals surface area contributed by atoms with E-state index in [0.717, 1.165) is 45.1 Å². The van der Waals surface area contributed by atoms with Crippen LogP contribution in [0.4, 0.5) is 0 Å². The molecule has 2 N–H and O–H groups in total. The van der Waals surface area contributed by atoms with Crippen LogP contribution in [0, 0.1) is 0 Å². The highest BCUT2D eigenvalue weighted by Gasteiger charge is 2.33. The number of hydrogen-bond acceptors (Lipinski definition) is 4. The van der Waals surface area contributed by atoms with Crippen molar-refractivity contribution in [2.24, 2.45) is 4.99 Å². The first-order valence-electron chi connectivity index (χ1n) is 9.35. The number of thiophene rings is 1. The molecule has 2 unspecified atom stereocenters. The number of aliphatic imine (C=N–C) groups is 1. The second kappa shape index (κ2) is 9.55. The maximum absolute atomic E-state index is 5.86. The molecule has 2 rings (SSSR count). The number of hydrogen-bond donors (Lipinski definition) is 2. The van der Waals surface area contributed by atoms with E-state index in [-0.39, 0.29) is 17.7 Å². The van der Waals surface area contributed by atoms with Crippen LogP contribution in [0.15, 0.2) is 22.5 Å². The summed E-state index contributed by atoms with van der Waals surface area (Å²) in [4.78, 5) is 8.75. The van der Waals surface area contributed by atoms with Crippen molar-refractivity contribution in [2.75, 3.05) is 32.7 Å². The van der Waals surface area contributed by atoms with Gasteiger partial charge in [0.25, 0.3) is 0 Å². The van der Waals surface area contributed by atoms with Crippen molar-refractivity contribution in [1.29, 1.82) is 0 Å². The van der Waals surface area contributed by atoms with E-state index in [2.05, 4.69) is 67.7 Å². The van der Waals surface area contributed by atoms with Crippen LogP contribution in [0.5, 0.6) is 0 Å². The zero-order valence-corrected chi connectivity index (χ0v) is 17.2. The van der Waals surface area contributed by atoms with Crippen LogP contribution in [0.25, 0.3) is 0 Å². The van der Waals surface area contributed by atoms with Crippen LogP contribution in [-0.2, 0) is 11.2 Å². The smallest absolute Gasteiger partial charge is 0.191 e. The predicted octanol–water partition coefficient (Wildman–Crippen LogP) is 2.73. The zero-order chi connectivity index (χ0) is 18.3. The predicted molar refractivity (Wildman–Crippen MR) is 108 cm³/mol. The Kier molecular flexibility index (Phi) is 7.72. The minimum absolute atomic E-state index is 0.0163. The van der Waals surface area contributed by atoms with E-state index in [1.807, 2.05) is 0 Å². The van der Waals surface area contributed by atoms with Crippen LogP contribution in [0.1, 0.15) is 39.5 Å². The van der Waals surface area contributed by atoms with E-state index in [1.54, 1.807) is 11.3 Å². The van der Waals surface area contributed by atoms with E-state index < -0.39 is 0 Å². The Morgan fingerprint density at radius 2 is 2.04 bits per heavy atom. The van der Waals surface area contributed by atoms with Gasteiger partial charge in [0.2, 0.25) is 0 Å². The van der Waals surface area contributed by atoms with Gasteiger partial charge in [-0.3, -0.25) is 9.89 Å². The number of nitrogens with one attached hydrogen (secondary N) is 2. The summed E-state index contributed by atoms with van der Waals surface area (Å²) >= 11 is 1.81. The highest BCUT2D eigenvalue weighted by Crippen LogP contribution is 2.21. The van der Waals surface area contributed by atoms with Gasteiger partial charge in [-0.05, 0) is 52.5 Å². The number of morpholine rings is 1. The Balaban J connectivity index is 1.89. The highest BCUT2D eigenvalue weighted by molar-refractivity contribution is 7.09. The molecule has 1 aliphatic rings. The van der Waals surface area contributed by atoms with Crippen molar-refractivity contribution in [2.45, 2.75) is 58.8 Å². The van der Waals surface area contributed by atoms with Crippen LogP contribution < -0.4 is 10.6 Å². The summed E-state index contributed by atoms with van der Waals surface area (Å²) in [5.74, 6) is 0.904. The molecule has 142 valence electrons. The Morgan fingerprint density at radius 1 is 1.32 bits per heavy atom. The molecule has 0 amide bonds. The van der Waals surface area contributed by atoms with Crippen LogP contribution in [0.2, 0.25) is 0 Å². The molecule has 1 aromatic heterocycles. The van der Waals surface area contributed by atoms with Crippen LogP contribution in [0.3, 0.4) is 0 Å². The molecular formula is C19H34N4OS. The van der Waals surface area contributed by atoms with Gasteiger partial charge >= 0.3 is 0 Å². The first kappa shape index (κ1) is 20.2. The maximum atomic E-state index is 5.86. The molecule has 0 aliphatic carbocycles. The van der Waals surface area contributed by atoms with Crippen molar-refractivity contribution in [3.05, 3.63) is 22.4 Å². The average molecular weight is 367 g/mol. The minimum atomic E-state index is 0.0163. The molecule has 5 nitrogen and oxygen atoms in total. The number of ether oxygens (including phenoxy) is 1. The Bertz CT molecular complexity index is 520. The number of rotatable bonds is 7. The monoisotopic (exact) mass is 366 g/mol. The fourth-order valence-electron chi connectivity index (χ4n) is 3.15. The van der Waals surface area contributed by atoms with E-state index in [9.17, 15) is 0 Å². The van der Waals surface area contributed by atoms with E-state index in [1.165, 1.54) is 4.88 Å². The molecule has 2 heterocycles. The summed E-state index contributed by atoms with van der Waals surface area (Å²) < 4.78 is 5.86. The van der Waals surface area contributed by atoms with Crippen molar-refractivity contribution in [3.63, 3.8) is 0 Å². The largest absolute Gasteiger partial charge is 0.373 e. The topological polar surface area (TPSA) is 48.9 Å². The third-order valence-corrected chi connectivity index (χ3v) is 5.42. The maximum Gasteiger partial charge on any atom is 0.191 e. The lowest BCUT2D eigenvalue weighted by atomic mass is 10.0. The molecule has 1 fully saturated rings. The second-order valence-corrected chi connectivity index (χ2v) is 8.46. The molecule has 0 aromatic carbocycles. The lowest BCUT2D eigenvalue weighted by Crippen LogP contribution is -2.56. The minimum Gasteiger partial charge on any atom is -0.373 e. The lowest BCUT2D eigenvalue weighted by Gasteiger charge is -2.44. The number of guanidine groups is 1. The SMILES string of the molecule is CCNC(=NCC(C)(C)N1CC(C)OC(C)C1)NCCc1cccs1. The molecule has 1 aliphatic heterocycles. The van der Waals surface area contributed by atoms with Crippen LogP contribution >= 0.6 is 11.3 Å². The van der Waals surface area contributed by atoms with Gasteiger partial charge in [-0.25, -0.2) is 0 Å². The first-order chi connectivity index (χ1) is 11.9. The molecule has 0 spiro atoms. The molecule has 6 heteroatoms. The normalized spacial score (nSPS) is 22.8. The molecule has 0 saturated carbocycles. The molecule has 2 atom stereocenters. The fourth-order valence-corrected chi connectivity index (χ4v) is 3.85. The summed E-state index contributed by atoms with van der Waals surface area (Å²) in [6.07, 6.45) is 1.59. The summed E-state index contributed by atoms with van der Waals surface area (Å²) in [6, 6.07) is 4.28. The zero-order valence-electron chi connectivity index (χ0n) is 16.3. The molecule has 0 radical (unpaired) electrons. The molecule has 1 saturated heterocycles. The third kappa shape index (κ3) is 6.60. The van der Waals surface area contributed by atoms with Gasteiger partial charge in [0.15, 0.2) is 5.96 Å². The van der Waals surface area contributed by atoms with E-state index in [4.69, 9.17) is 9.73 Å². The molecule has 25 heavy (non-hydrogen) atoms. The second-order valence-electron chi connectivity index (χ2n) is 7.43. The van der Waals surface area contributed by atoms with Gasteiger partial charge in [-0.15, -0.1) is 11.3 Å². The first-order valence-corrected chi connectivity index (χ1v) is 10.2. The third-order valence-electron chi connectivity index (χ3n) is 4.49. The van der Waals surface area contributed by atoms with Gasteiger partial charge in [0.1, 0.15) is 0 Å². The number of nitrogens with zero attached hydrogens (tertiary/aromatic N) is 2. The molecular weight excluding hydrogens is 332 g/mol. The van der Waals surface area contributed by atoms with Gasteiger partial charge in [-0.1, -0.05) is 6.07 Å².